The van der Waals surface area contributed by atoms with Gasteiger partial charge in [0.1, 0.15) is 0 Å². The normalized spacial score (nSPS) is 14.3. The van der Waals surface area contributed by atoms with Crippen LogP contribution in [0.1, 0.15) is 43.5 Å². The van der Waals surface area contributed by atoms with Crippen LogP contribution in [0.15, 0.2) is 18.5 Å². The first kappa shape index (κ1) is 12.9. The number of hydrogen-bond donors (Lipinski definition) is 1. The summed E-state index contributed by atoms with van der Waals surface area (Å²) in [6.45, 7) is 5.79. The highest BCUT2D eigenvalue weighted by Gasteiger charge is 2.32. The lowest BCUT2D eigenvalue weighted by Crippen LogP contribution is -2.33. The Morgan fingerprint density at radius 2 is 2.28 bits per heavy atom. The molecule has 1 aromatic rings. The number of amides is 1. The molecule has 4 nitrogen and oxygen atoms in total. The lowest BCUT2D eigenvalue weighted by Gasteiger charge is -2.21. The van der Waals surface area contributed by atoms with Crippen LogP contribution in [0.2, 0.25) is 0 Å². The van der Waals surface area contributed by atoms with Crippen molar-refractivity contribution in [3.63, 3.8) is 0 Å². The quantitative estimate of drug-likeness (QED) is 0.840. The maximum atomic E-state index is 12.5. The van der Waals surface area contributed by atoms with Gasteiger partial charge in [0, 0.05) is 31.5 Å². The van der Waals surface area contributed by atoms with E-state index >= 15 is 0 Å². The molecule has 0 aromatic carbocycles. The first-order valence-corrected chi connectivity index (χ1v) is 6.76. The minimum Gasteiger partial charge on any atom is -0.384 e. The highest BCUT2D eigenvalue weighted by Crippen LogP contribution is 2.29. The second-order valence-corrected chi connectivity index (χ2v) is 4.67. The number of nitrogens with one attached hydrogen (secondary N) is 1. The van der Waals surface area contributed by atoms with E-state index in [2.05, 4.69) is 17.2 Å². The topological polar surface area (TPSA) is 45.2 Å². The molecule has 1 aliphatic carbocycles. The average molecular weight is 247 g/mol. The third-order valence-corrected chi connectivity index (χ3v) is 3.21. The van der Waals surface area contributed by atoms with Crippen molar-refractivity contribution in [2.75, 3.05) is 18.4 Å². The van der Waals surface area contributed by atoms with Crippen LogP contribution in [-0.4, -0.2) is 34.9 Å². The van der Waals surface area contributed by atoms with Crippen molar-refractivity contribution in [2.24, 2.45) is 0 Å². The van der Waals surface area contributed by atoms with Crippen LogP contribution in [-0.2, 0) is 0 Å². The monoisotopic (exact) mass is 247 g/mol. The largest absolute Gasteiger partial charge is 0.384 e. The summed E-state index contributed by atoms with van der Waals surface area (Å²) in [4.78, 5) is 18.5. The maximum Gasteiger partial charge on any atom is 0.257 e. The summed E-state index contributed by atoms with van der Waals surface area (Å²) in [7, 11) is 0. The minimum atomic E-state index is 0.103. The molecule has 0 atom stereocenters. The van der Waals surface area contributed by atoms with Crippen LogP contribution in [0.3, 0.4) is 0 Å². The molecule has 0 aliphatic heterocycles. The summed E-state index contributed by atoms with van der Waals surface area (Å²) in [5.74, 6) is 0.103. The van der Waals surface area contributed by atoms with Gasteiger partial charge in [0.15, 0.2) is 0 Å². The van der Waals surface area contributed by atoms with Crippen molar-refractivity contribution < 1.29 is 4.79 Å². The zero-order valence-corrected chi connectivity index (χ0v) is 11.1. The Morgan fingerprint density at radius 1 is 1.50 bits per heavy atom. The predicted molar refractivity (Wildman–Crippen MR) is 72.8 cm³/mol. The molecule has 1 aromatic heterocycles. The second-order valence-electron chi connectivity index (χ2n) is 4.67. The van der Waals surface area contributed by atoms with Gasteiger partial charge in [-0.15, -0.1) is 0 Å². The van der Waals surface area contributed by atoms with Gasteiger partial charge in [0.25, 0.3) is 5.91 Å². The van der Waals surface area contributed by atoms with Crippen LogP contribution in [0.5, 0.6) is 0 Å². The third kappa shape index (κ3) is 2.81. The van der Waals surface area contributed by atoms with Gasteiger partial charge in [-0.05, 0) is 32.3 Å². The Morgan fingerprint density at radius 3 is 2.89 bits per heavy atom. The van der Waals surface area contributed by atoms with Crippen molar-refractivity contribution in [1.82, 2.24) is 9.88 Å². The van der Waals surface area contributed by atoms with E-state index in [1.165, 1.54) is 0 Å². The summed E-state index contributed by atoms with van der Waals surface area (Å²) in [6.07, 6.45) is 6.71. The molecule has 1 aliphatic rings. The van der Waals surface area contributed by atoms with Gasteiger partial charge >= 0.3 is 0 Å². The van der Waals surface area contributed by atoms with Crippen molar-refractivity contribution in [2.45, 2.75) is 39.2 Å². The molecule has 4 heteroatoms. The smallest absolute Gasteiger partial charge is 0.257 e. The molecule has 0 spiro atoms. The highest BCUT2D eigenvalue weighted by molar-refractivity contribution is 5.99. The van der Waals surface area contributed by atoms with Crippen molar-refractivity contribution >= 4 is 11.6 Å². The van der Waals surface area contributed by atoms with E-state index in [4.69, 9.17) is 0 Å². The molecule has 1 heterocycles. The van der Waals surface area contributed by atoms with E-state index in [9.17, 15) is 4.79 Å². The second kappa shape index (κ2) is 5.85. The molecule has 0 radical (unpaired) electrons. The molecule has 0 saturated heterocycles. The Bertz CT molecular complexity index is 415. The number of nitrogens with zero attached hydrogens (tertiary/aromatic N) is 2. The number of rotatable bonds is 6. The number of aromatic nitrogens is 1. The summed E-state index contributed by atoms with van der Waals surface area (Å²) in [5.41, 5.74) is 1.59. The fraction of sp³-hybridized carbons (Fsp3) is 0.571. The third-order valence-electron chi connectivity index (χ3n) is 3.21. The van der Waals surface area contributed by atoms with Gasteiger partial charge in [-0.2, -0.15) is 0 Å². The molecule has 1 N–H and O–H groups in total. The Balaban J connectivity index is 2.17. The van der Waals surface area contributed by atoms with Gasteiger partial charge in [-0.1, -0.05) is 6.92 Å². The van der Waals surface area contributed by atoms with E-state index < -0.39 is 0 Å². The minimum absolute atomic E-state index is 0.103. The zero-order valence-electron chi connectivity index (χ0n) is 11.1. The van der Waals surface area contributed by atoms with Gasteiger partial charge in [0.05, 0.1) is 11.3 Å². The first-order chi connectivity index (χ1) is 8.77. The average Bonchev–Trinajstić information content (AvgIpc) is 3.22. The molecule has 0 unspecified atom stereocenters. The summed E-state index contributed by atoms with van der Waals surface area (Å²) in [5, 5.41) is 3.29. The predicted octanol–water partition coefficient (Wildman–Crippen LogP) is 2.53. The van der Waals surface area contributed by atoms with Crippen LogP contribution < -0.4 is 5.32 Å². The van der Waals surface area contributed by atoms with Crippen LogP contribution in [0.4, 0.5) is 5.69 Å². The van der Waals surface area contributed by atoms with Crippen LogP contribution in [0, 0.1) is 0 Å². The Hall–Kier alpha value is -1.58. The summed E-state index contributed by atoms with van der Waals surface area (Å²) in [6, 6.07) is 2.32. The van der Waals surface area contributed by atoms with Crippen LogP contribution >= 0.6 is 0 Å². The molecule has 18 heavy (non-hydrogen) atoms. The zero-order chi connectivity index (χ0) is 13.0. The van der Waals surface area contributed by atoms with Crippen LogP contribution in [0.25, 0.3) is 0 Å². The molecule has 2 rings (SSSR count). The standard InChI is InChI=1S/C14H21N3O/c1-3-8-16-13-7-9-15-10-12(13)14(18)17(4-2)11-5-6-11/h7,9-11H,3-6,8H2,1-2H3,(H,15,16). The molecular formula is C14H21N3O. The molecular weight excluding hydrogens is 226 g/mol. The van der Waals surface area contributed by atoms with E-state index in [1.807, 2.05) is 17.9 Å². The first-order valence-electron chi connectivity index (χ1n) is 6.76. The van der Waals surface area contributed by atoms with Gasteiger partial charge in [-0.25, -0.2) is 0 Å². The number of carbonyl (C=O) groups excluding carboxylic acids is 1. The van der Waals surface area contributed by atoms with E-state index in [-0.39, 0.29) is 5.91 Å². The number of anilines is 1. The van der Waals surface area contributed by atoms with E-state index in [0.717, 1.165) is 38.0 Å². The van der Waals surface area contributed by atoms with Crippen molar-refractivity contribution in [1.29, 1.82) is 0 Å². The molecule has 98 valence electrons. The summed E-state index contributed by atoms with van der Waals surface area (Å²) < 4.78 is 0. The van der Waals surface area contributed by atoms with E-state index in [0.29, 0.717) is 11.6 Å². The SMILES string of the molecule is CCCNc1ccncc1C(=O)N(CC)C1CC1. The van der Waals surface area contributed by atoms with E-state index in [1.54, 1.807) is 12.4 Å². The fourth-order valence-corrected chi connectivity index (χ4v) is 2.09. The van der Waals surface area contributed by atoms with Gasteiger partial charge in [-0.3, -0.25) is 9.78 Å². The van der Waals surface area contributed by atoms with Crippen molar-refractivity contribution in [3.05, 3.63) is 24.0 Å². The molecule has 0 bridgehead atoms. The van der Waals surface area contributed by atoms with Crippen molar-refractivity contribution in [3.8, 4) is 0 Å². The van der Waals surface area contributed by atoms with Gasteiger partial charge in [0.2, 0.25) is 0 Å². The lowest BCUT2D eigenvalue weighted by atomic mass is 10.2. The lowest BCUT2D eigenvalue weighted by molar-refractivity contribution is 0.0753. The fourth-order valence-electron chi connectivity index (χ4n) is 2.09. The number of pyridine rings is 1. The molecule has 1 fully saturated rings. The molecule has 1 saturated carbocycles. The Labute approximate surface area is 108 Å². The Kier molecular flexibility index (Phi) is 4.18. The summed E-state index contributed by atoms with van der Waals surface area (Å²) >= 11 is 0. The highest BCUT2D eigenvalue weighted by atomic mass is 16.2. The number of hydrogen-bond acceptors (Lipinski definition) is 3. The molecule has 1 amide bonds. The van der Waals surface area contributed by atoms with Gasteiger partial charge < -0.3 is 10.2 Å². The maximum absolute atomic E-state index is 12.5. The number of carbonyl (C=O) groups is 1.